The molecule has 0 spiro atoms. The summed E-state index contributed by atoms with van der Waals surface area (Å²) < 4.78 is 0. The molecule has 1 aromatic heterocycles. The minimum Gasteiger partial charge on any atom is -0.348 e. The largest absolute Gasteiger partial charge is 0.348 e. The third kappa shape index (κ3) is 2.87. The number of aromatic nitrogens is 2. The molecule has 1 aliphatic carbocycles. The molecule has 0 aliphatic heterocycles. The van der Waals surface area contributed by atoms with Crippen LogP contribution in [0.1, 0.15) is 35.6 Å². The summed E-state index contributed by atoms with van der Waals surface area (Å²) in [6.45, 7) is 3.25. The van der Waals surface area contributed by atoms with Crippen molar-refractivity contribution in [1.29, 1.82) is 0 Å². The van der Waals surface area contributed by atoms with Gasteiger partial charge in [-0.1, -0.05) is 24.3 Å². The maximum Gasteiger partial charge on any atom is 0.0921 e. The van der Waals surface area contributed by atoms with E-state index in [9.17, 15) is 0 Å². The number of benzene rings is 1. The highest BCUT2D eigenvalue weighted by atomic mass is 14.9. The Morgan fingerprint density at radius 1 is 1.32 bits per heavy atom. The van der Waals surface area contributed by atoms with Gasteiger partial charge in [0.05, 0.1) is 6.33 Å². The van der Waals surface area contributed by atoms with Crippen molar-refractivity contribution in [1.82, 2.24) is 15.3 Å². The van der Waals surface area contributed by atoms with Crippen LogP contribution in [-0.4, -0.2) is 22.6 Å². The van der Waals surface area contributed by atoms with Gasteiger partial charge in [0.1, 0.15) is 0 Å². The van der Waals surface area contributed by atoms with Gasteiger partial charge in [-0.05, 0) is 36.8 Å². The zero-order valence-corrected chi connectivity index (χ0v) is 11.4. The lowest BCUT2D eigenvalue weighted by atomic mass is 9.74. The molecule has 1 fully saturated rings. The first kappa shape index (κ1) is 12.4. The molecule has 3 rings (SSSR count). The summed E-state index contributed by atoms with van der Waals surface area (Å²) in [5.74, 6) is 0.755. The van der Waals surface area contributed by atoms with Crippen LogP contribution in [0.3, 0.4) is 0 Å². The van der Waals surface area contributed by atoms with Crippen molar-refractivity contribution in [2.24, 2.45) is 0 Å². The van der Waals surface area contributed by atoms with Gasteiger partial charge in [0.15, 0.2) is 0 Å². The van der Waals surface area contributed by atoms with E-state index in [4.69, 9.17) is 0 Å². The highest BCUT2D eigenvalue weighted by molar-refractivity contribution is 5.31. The van der Waals surface area contributed by atoms with Gasteiger partial charge in [-0.15, -0.1) is 0 Å². The summed E-state index contributed by atoms with van der Waals surface area (Å²) in [6.07, 6.45) is 7.22. The molecule has 0 unspecified atom stereocenters. The Labute approximate surface area is 114 Å². The van der Waals surface area contributed by atoms with E-state index in [0.29, 0.717) is 6.04 Å². The van der Waals surface area contributed by atoms with Crippen LogP contribution < -0.4 is 5.32 Å². The van der Waals surface area contributed by atoms with Gasteiger partial charge < -0.3 is 10.3 Å². The van der Waals surface area contributed by atoms with Gasteiger partial charge in [-0.2, -0.15) is 0 Å². The molecule has 1 saturated carbocycles. The zero-order valence-electron chi connectivity index (χ0n) is 11.4. The molecule has 100 valence electrons. The summed E-state index contributed by atoms with van der Waals surface area (Å²) in [6, 6.07) is 9.46. The fourth-order valence-electron chi connectivity index (χ4n) is 2.92. The molecular weight excluding hydrogens is 234 g/mol. The van der Waals surface area contributed by atoms with E-state index in [-0.39, 0.29) is 0 Å². The Hall–Kier alpha value is -1.61. The molecule has 0 amide bonds. The van der Waals surface area contributed by atoms with Crippen molar-refractivity contribution in [3.63, 3.8) is 0 Å². The molecule has 0 bridgehead atoms. The predicted octanol–water partition coefficient (Wildman–Crippen LogP) is 2.80. The Bertz CT molecular complexity index is 513. The average Bonchev–Trinajstić information content (AvgIpc) is 2.87. The fraction of sp³-hybridized carbons (Fsp3) is 0.438. The van der Waals surface area contributed by atoms with E-state index in [1.165, 1.54) is 29.7 Å². The number of nitrogens with zero attached hydrogens (tertiary/aromatic N) is 1. The Morgan fingerprint density at radius 2 is 2.16 bits per heavy atom. The van der Waals surface area contributed by atoms with Gasteiger partial charge >= 0.3 is 0 Å². The Morgan fingerprint density at radius 3 is 2.89 bits per heavy atom. The van der Waals surface area contributed by atoms with Crippen LogP contribution >= 0.6 is 0 Å². The van der Waals surface area contributed by atoms with Crippen LogP contribution in [0.15, 0.2) is 36.8 Å². The summed E-state index contributed by atoms with van der Waals surface area (Å²) in [7, 11) is 0. The van der Waals surface area contributed by atoms with Gasteiger partial charge in [0.25, 0.3) is 0 Å². The molecule has 1 aromatic carbocycles. The lowest BCUT2D eigenvalue weighted by molar-refractivity contribution is 0.292. The highest BCUT2D eigenvalue weighted by Crippen LogP contribution is 2.38. The van der Waals surface area contributed by atoms with Gasteiger partial charge in [0.2, 0.25) is 0 Å². The molecule has 2 aromatic rings. The smallest absolute Gasteiger partial charge is 0.0921 e. The number of aryl methyl sites for hydroxylation is 1. The molecule has 1 heterocycles. The van der Waals surface area contributed by atoms with Crippen molar-refractivity contribution in [3.05, 3.63) is 53.6 Å². The maximum atomic E-state index is 4.03. The molecule has 0 saturated heterocycles. The summed E-state index contributed by atoms with van der Waals surface area (Å²) in [4.78, 5) is 7.17. The van der Waals surface area contributed by atoms with E-state index in [1.807, 2.05) is 6.20 Å². The normalized spacial score (nSPS) is 22.2. The third-order valence-corrected chi connectivity index (χ3v) is 4.15. The lowest BCUT2D eigenvalue weighted by Crippen LogP contribution is -2.41. The summed E-state index contributed by atoms with van der Waals surface area (Å²) in [5.41, 5.74) is 4.18. The number of H-pyrrole nitrogens is 1. The van der Waals surface area contributed by atoms with Crippen LogP contribution in [0, 0.1) is 6.92 Å². The van der Waals surface area contributed by atoms with Crippen molar-refractivity contribution >= 4 is 0 Å². The number of imidazole rings is 1. The molecule has 0 atom stereocenters. The topological polar surface area (TPSA) is 40.7 Å². The Balaban J connectivity index is 1.42. The SMILES string of the molecule is Cc1ccccc1C1CC(NCCc2cnc[nH]2)C1. The molecule has 0 radical (unpaired) electrons. The van der Waals surface area contributed by atoms with Gasteiger partial charge in [-0.3, -0.25) is 0 Å². The predicted molar refractivity (Wildman–Crippen MR) is 77.2 cm³/mol. The first-order valence-corrected chi connectivity index (χ1v) is 7.09. The first-order valence-electron chi connectivity index (χ1n) is 7.09. The number of hydrogen-bond donors (Lipinski definition) is 2. The first-order chi connectivity index (χ1) is 9.33. The fourth-order valence-corrected chi connectivity index (χ4v) is 2.92. The minimum absolute atomic E-state index is 0.688. The standard InChI is InChI=1S/C16H21N3/c1-12-4-2-3-5-16(12)13-8-15(9-13)18-7-6-14-10-17-11-19-14/h2-5,10-11,13,15,18H,6-9H2,1H3,(H,17,19). The maximum absolute atomic E-state index is 4.03. The molecule has 3 nitrogen and oxygen atoms in total. The van der Waals surface area contributed by atoms with E-state index in [0.717, 1.165) is 18.9 Å². The second-order valence-electron chi connectivity index (χ2n) is 5.50. The lowest BCUT2D eigenvalue weighted by Gasteiger charge is -2.37. The van der Waals surface area contributed by atoms with Crippen molar-refractivity contribution in [3.8, 4) is 0 Å². The number of hydrogen-bond acceptors (Lipinski definition) is 2. The molecular formula is C16H21N3. The second-order valence-corrected chi connectivity index (χ2v) is 5.50. The second kappa shape index (κ2) is 5.57. The van der Waals surface area contributed by atoms with Crippen molar-refractivity contribution in [2.45, 2.75) is 38.1 Å². The third-order valence-electron chi connectivity index (χ3n) is 4.15. The number of nitrogens with one attached hydrogen (secondary N) is 2. The zero-order chi connectivity index (χ0) is 13.1. The van der Waals surface area contributed by atoms with Crippen LogP contribution in [-0.2, 0) is 6.42 Å². The average molecular weight is 255 g/mol. The highest BCUT2D eigenvalue weighted by Gasteiger charge is 2.30. The van der Waals surface area contributed by atoms with Gasteiger partial charge in [-0.25, -0.2) is 4.98 Å². The summed E-state index contributed by atoms with van der Waals surface area (Å²) in [5, 5.41) is 3.63. The quantitative estimate of drug-likeness (QED) is 0.862. The van der Waals surface area contributed by atoms with Crippen molar-refractivity contribution < 1.29 is 0 Å². The number of rotatable bonds is 5. The molecule has 19 heavy (non-hydrogen) atoms. The molecule has 3 heteroatoms. The molecule has 1 aliphatic rings. The van der Waals surface area contributed by atoms with Crippen LogP contribution in [0.2, 0.25) is 0 Å². The van der Waals surface area contributed by atoms with E-state index in [2.05, 4.69) is 46.5 Å². The van der Waals surface area contributed by atoms with Crippen LogP contribution in [0.25, 0.3) is 0 Å². The van der Waals surface area contributed by atoms with Crippen LogP contribution in [0.4, 0.5) is 0 Å². The Kier molecular flexibility index (Phi) is 3.65. The number of aromatic amines is 1. The van der Waals surface area contributed by atoms with E-state index >= 15 is 0 Å². The van der Waals surface area contributed by atoms with Crippen molar-refractivity contribution in [2.75, 3.05) is 6.54 Å². The van der Waals surface area contributed by atoms with E-state index < -0.39 is 0 Å². The van der Waals surface area contributed by atoms with E-state index in [1.54, 1.807) is 6.33 Å². The minimum atomic E-state index is 0.688. The molecule has 2 N–H and O–H groups in total. The van der Waals surface area contributed by atoms with Gasteiger partial charge in [0, 0.05) is 30.9 Å². The summed E-state index contributed by atoms with van der Waals surface area (Å²) >= 11 is 0. The van der Waals surface area contributed by atoms with Crippen LogP contribution in [0.5, 0.6) is 0 Å². The monoisotopic (exact) mass is 255 g/mol.